The van der Waals surface area contributed by atoms with Crippen LogP contribution in [0, 0.1) is 0 Å². The summed E-state index contributed by atoms with van der Waals surface area (Å²) in [6, 6.07) is 6.90. The van der Waals surface area contributed by atoms with Crippen LogP contribution in [-0.2, 0) is 19.1 Å². The van der Waals surface area contributed by atoms with Crippen LogP contribution in [0.2, 0.25) is 0 Å². The molecule has 1 unspecified atom stereocenters. The molecular formula is C14H12BrNO5. The van der Waals surface area contributed by atoms with Crippen LogP contribution in [0.4, 0.5) is 0 Å². The molecule has 0 aliphatic carbocycles. The average Bonchev–Trinajstić information content (AvgIpc) is 2.74. The fourth-order valence-electron chi connectivity index (χ4n) is 1.88. The van der Waals surface area contributed by atoms with E-state index in [2.05, 4.69) is 15.9 Å². The van der Waals surface area contributed by atoms with Gasteiger partial charge in [-0.25, -0.2) is 0 Å². The number of esters is 1. The Hall–Kier alpha value is -2.02. The van der Waals surface area contributed by atoms with Crippen molar-refractivity contribution >= 4 is 39.5 Å². The molecule has 1 aromatic carbocycles. The Morgan fingerprint density at radius 2 is 1.95 bits per heavy atom. The lowest BCUT2D eigenvalue weighted by molar-refractivity contribution is -0.153. The largest absolute Gasteiger partial charge is 0.452 e. The van der Waals surface area contributed by atoms with Crippen molar-refractivity contribution < 1.29 is 23.9 Å². The number of ketones is 1. The second-order valence-corrected chi connectivity index (χ2v) is 5.35. The predicted octanol–water partition coefficient (Wildman–Crippen LogP) is 1.37. The Labute approximate surface area is 129 Å². The molecule has 110 valence electrons. The number of halogens is 1. The number of nitrogens with one attached hydrogen (secondary N) is 1. The first-order valence-electron chi connectivity index (χ1n) is 6.28. The second-order valence-electron chi connectivity index (χ2n) is 4.50. The van der Waals surface area contributed by atoms with E-state index in [-0.39, 0.29) is 25.0 Å². The van der Waals surface area contributed by atoms with E-state index in [0.29, 0.717) is 10.0 Å². The highest BCUT2D eigenvalue weighted by Gasteiger charge is 2.33. The first-order chi connectivity index (χ1) is 9.97. The van der Waals surface area contributed by atoms with Gasteiger partial charge in [0, 0.05) is 16.5 Å². The summed E-state index contributed by atoms with van der Waals surface area (Å²) in [5.74, 6) is -1.97. The van der Waals surface area contributed by atoms with Crippen LogP contribution in [-0.4, -0.2) is 29.7 Å². The lowest BCUT2D eigenvalue weighted by Gasteiger charge is -2.08. The van der Waals surface area contributed by atoms with Crippen LogP contribution >= 0.6 is 15.9 Å². The molecule has 21 heavy (non-hydrogen) atoms. The number of ether oxygens (including phenoxy) is 1. The molecule has 1 heterocycles. The Kier molecular flexibility index (Phi) is 4.85. The summed E-state index contributed by atoms with van der Waals surface area (Å²) >= 11 is 3.26. The van der Waals surface area contributed by atoms with Crippen LogP contribution < -0.4 is 5.32 Å². The van der Waals surface area contributed by atoms with E-state index < -0.39 is 23.9 Å². The van der Waals surface area contributed by atoms with Gasteiger partial charge in [-0.05, 0) is 6.07 Å². The lowest BCUT2D eigenvalue weighted by atomic mass is 10.1. The molecule has 1 fully saturated rings. The minimum atomic E-state index is -1.08. The molecule has 7 heteroatoms. The zero-order valence-corrected chi connectivity index (χ0v) is 12.5. The molecule has 0 radical (unpaired) electrons. The molecule has 0 spiro atoms. The van der Waals surface area contributed by atoms with E-state index in [9.17, 15) is 19.2 Å². The van der Waals surface area contributed by atoms with Gasteiger partial charge in [0.1, 0.15) is 0 Å². The smallest absolute Gasteiger partial charge is 0.307 e. The van der Waals surface area contributed by atoms with Gasteiger partial charge in [0.15, 0.2) is 11.9 Å². The van der Waals surface area contributed by atoms with Crippen molar-refractivity contribution in [2.24, 2.45) is 0 Å². The van der Waals surface area contributed by atoms with E-state index in [1.54, 1.807) is 24.3 Å². The maximum Gasteiger partial charge on any atom is 0.307 e. The summed E-state index contributed by atoms with van der Waals surface area (Å²) < 4.78 is 5.53. The third kappa shape index (κ3) is 3.98. The Bertz CT molecular complexity index is 613. The molecule has 1 aromatic rings. The van der Waals surface area contributed by atoms with E-state index in [4.69, 9.17) is 4.74 Å². The number of Topliss-reactive ketones (excluding diaryl/α,β-unsaturated/α-hetero) is 1. The maximum atomic E-state index is 12.0. The highest BCUT2D eigenvalue weighted by molar-refractivity contribution is 9.10. The van der Waals surface area contributed by atoms with E-state index >= 15 is 0 Å². The summed E-state index contributed by atoms with van der Waals surface area (Å²) in [7, 11) is 0. The number of hydrogen-bond acceptors (Lipinski definition) is 5. The third-order valence-electron chi connectivity index (χ3n) is 2.93. The number of carbonyl (C=O) groups excluding carboxylic acids is 4. The van der Waals surface area contributed by atoms with Crippen LogP contribution in [0.3, 0.4) is 0 Å². The summed E-state index contributed by atoms with van der Waals surface area (Å²) in [5.41, 5.74) is 0.485. The zero-order valence-electron chi connectivity index (χ0n) is 10.9. The molecule has 2 amide bonds. The standard InChI is InChI=1S/C14H12BrNO5/c15-9-4-2-1-3-8(9)10(17)5-6-13(19)21-11-7-12(18)16-14(11)20/h1-4,11H,5-7H2,(H,16,18,20). The van der Waals surface area contributed by atoms with Gasteiger partial charge in [0.05, 0.1) is 12.8 Å². The number of hydrogen-bond donors (Lipinski definition) is 1. The van der Waals surface area contributed by atoms with Crippen molar-refractivity contribution in [3.05, 3.63) is 34.3 Å². The SMILES string of the molecule is O=C1CC(OC(=O)CCC(=O)c2ccccc2Br)C(=O)N1. The summed E-state index contributed by atoms with van der Waals surface area (Å²) in [6.45, 7) is 0. The number of carbonyl (C=O) groups is 4. The summed E-state index contributed by atoms with van der Waals surface area (Å²) in [6.07, 6.45) is -1.41. The minimum absolute atomic E-state index is 0.0241. The quantitative estimate of drug-likeness (QED) is 0.490. The fraction of sp³-hybridized carbons (Fsp3) is 0.286. The summed E-state index contributed by atoms with van der Waals surface area (Å²) in [5, 5.41) is 2.04. The highest BCUT2D eigenvalue weighted by Crippen LogP contribution is 2.18. The number of rotatable bonds is 5. The van der Waals surface area contributed by atoms with E-state index in [0.717, 1.165) is 0 Å². The molecule has 1 N–H and O–H groups in total. The lowest BCUT2D eigenvalue weighted by Crippen LogP contribution is -2.28. The molecule has 1 saturated heterocycles. The van der Waals surface area contributed by atoms with Gasteiger partial charge in [-0.1, -0.05) is 34.1 Å². The van der Waals surface area contributed by atoms with Crippen molar-refractivity contribution in [1.29, 1.82) is 0 Å². The Morgan fingerprint density at radius 1 is 1.24 bits per heavy atom. The van der Waals surface area contributed by atoms with Crippen molar-refractivity contribution in [2.75, 3.05) is 0 Å². The van der Waals surface area contributed by atoms with Crippen molar-refractivity contribution in [1.82, 2.24) is 5.32 Å². The second kappa shape index (κ2) is 6.62. The number of benzene rings is 1. The molecule has 0 aromatic heterocycles. The van der Waals surface area contributed by atoms with Gasteiger partial charge in [0.2, 0.25) is 5.91 Å². The Morgan fingerprint density at radius 3 is 2.57 bits per heavy atom. The molecule has 6 nitrogen and oxygen atoms in total. The molecular weight excluding hydrogens is 342 g/mol. The first kappa shape index (κ1) is 15.4. The number of imide groups is 1. The van der Waals surface area contributed by atoms with Gasteiger partial charge in [-0.15, -0.1) is 0 Å². The molecule has 0 bridgehead atoms. The monoisotopic (exact) mass is 353 g/mol. The van der Waals surface area contributed by atoms with Gasteiger partial charge >= 0.3 is 5.97 Å². The molecule has 0 saturated carbocycles. The number of amides is 2. The van der Waals surface area contributed by atoms with Crippen molar-refractivity contribution in [2.45, 2.75) is 25.4 Å². The zero-order chi connectivity index (χ0) is 15.4. The van der Waals surface area contributed by atoms with E-state index in [1.165, 1.54) is 0 Å². The summed E-state index contributed by atoms with van der Waals surface area (Å²) in [4.78, 5) is 45.7. The van der Waals surface area contributed by atoms with Gasteiger partial charge < -0.3 is 4.74 Å². The first-order valence-corrected chi connectivity index (χ1v) is 7.07. The van der Waals surface area contributed by atoms with Crippen LogP contribution in [0.5, 0.6) is 0 Å². The van der Waals surface area contributed by atoms with Crippen molar-refractivity contribution in [3.8, 4) is 0 Å². The van der Waals surface area contributed by atoms with E-state index in [1.807, 2.05) is 5.32 Å². The molecule has 2 rings (SSSR count). The topological polar surface area (TPSA) is 89.5 Å². The van der Waals surface area contributed by atoms with Crippen LogP contribution in [0.1, 0.15) is 29.6 Å². The Balaban J connectivity index is 1.84. The highest BCUT2D eigenvalue weighted by atomic mass is 79.9. The van der Waals surface area contributed by atoms with Crippen molar-refractivity contribution in [3.63, 3.8) is 0 Å². The van der Waals surface area contributed by atoms with Crippen LogP contribution in [0.25, 0.3) is 0 Å². The molecule has 1 aliphatic heterocycles. The molecule has 1 atom stereocenters. The normalized spacial score (nSPS) is 17.5. The maximum absolute atomic E-state index is 12.0. The van der Waals surface area contributed by atoms with Gasteiger partial charge in [-0.3, -0.25) is 24.5 Å². The van der Waals surface area contributed by atoms with Gasteiger partial charge in [0.25, 0.3) is 5.91 Å². The minimum Gasteiger partial charge on any atom is -0.452 e. The van der Waals surface area contributed by atoms with Crippen LogP contribution in [0.15, 0.2) is 28.7 Å². The fourth-order valence-corrected chi connectivity index (χ4v) is 2.39. The average molecular weight is 354 g/mol. The third-order valence-corrected chi connectivity index (χ3v) is 3.62. The molecule has 1 aliphatic rings. The van der Waals surface area contributed by atoms with Gasteiger partial charge in [-0.2, -0.15) is 0 Å². The predicted molar refractivity (Wildman–Crippen MR) is 75.4 cm³/mol.